The van der Waals surface area contributed by atoms with Crippen molar-refractivity contribution in [2.45, 2.75) is 32.0 Å². The Morgan fingerprint density at radius 2 is 1.92 bits per heavy atom. The van der Waals surface area contributed by atoms with Gasteiger partial charge in [-0.05, 0) is 43.0 Å². The zero-order chi connectivity index (χ0) is 18.6. The molecular formula is C17H22F3N3O2. The summed E-state index contributed by atoms with van der Waals surface area (Å²) in [6.45, 7) is 2.86. The molecule has 5 nitrogen and oxygen atoms in total. The lowest BCUT2D eigenvalue weighted by Gasteiger charge is -2.38. The Hall–Kier alpha value is -2.09. The van der Waals surface area contributed by atoms with Crippen LogP contribution in [0.5, 0.6) is 0 Å². The van der Waals surface area contributed by atoms with Crippen LogP contribution in [0.1, 0.15) is 35.7 Å². The number of rotatable bonds is 4. The van der Waals surface area contributed by atoms with Gasteiger partial charge in [-0.2, -0.15) is 13.2 Å². The van der Waals surface area contributed by atoms with Crippen molar-refractivity contribution in [2.75, 3.05) is 19.6 Å². The summed E-state index contributed by atoms with van der Waals surface area (Å²) in [5, 5.41) is 2.46. The standard InChI is InChI=1S/C17H22F3N3O2/c1-11-6-7-23(14(8-11)9-21)15(24)10-22-16(25)12-2-4-13(5-3-12)17(18,19)20/h2-5,11,14H,6-10,21H2,1H3,(H,22,25). The Morgan fingerprint density at radius 1 is 1.28 bits per heavy atom. The number of carbonyl (C=O) groups is 2. The number of piperidine rings is 1. The highest BCUT2D eigenvalue weighted by molar-refractivity contribution is 5.96. The van der Waals surface area contributed by atoms with E-state index in [0.29, 0.717) is 19.0 Å². The molecule has 0 radical (unpaired) electrons. The summed E-state index contributed by atoms with van der Waals surface area (Å²) in [6, 6.07) is 3.82. The molecule has 2 amide bonds. The highest BCUT2D eigenvalue weighted by Crippen LogP contribution is 2.29. The van der Waals surface area contributed by atoms with Gasteiger partial charge in [0.2, 0.25) is 5.91 Å². The van der Waals surface area contributed by atoms with E-state index in [0.717, 1.165) is 37.1 Å². The Morgan fingerprint density at radius 3 is 2.48 bits per heavy atom. The molecule has 1 aliphatic rings. The van der Waals surface area contributed by atoms with E-state index in [1.807, 2.05) is 0 Å². The molecule has 0 aliphatic carbocycles. The minimum absolute atomic E-state index is 0.0424. The fraction of sp³-hybridized carbons (Fsp3) is 0.529. The molecule has 1 aromatic carbocycles. The summed E-state index contributed by atoms with van der Waals surface area (Å²) >= 11 is 0. The van der Waals surface area contributed by atoms with Gasteiger partial charge in [0.1, 0.15) is 0 Å². The zero-order valence-corrected chi connectivity index (χ0v) is 14.0. The van der Waals surface area contributed by atoms with E-state index >= 15 is 0 Å². The Kier molecular flexibility index (Phi) is 6.05. The van der Waals surface area contributed by atoms with Gasteiger partial charge < -0.3 is 16.0 Å². The van der Waals surface area contributed by atoms with Crippen molar-refractivity contribution in [3.8, 4) is 0 Å². The molecule has 0 saturated carbocycles. The van der Waals surface area contributed by atoms with Crippen molar-refractivity contribution in [1.82, 2.24) is 10.2 Å². The largest absolute Gasteiger partial charge is 0.416 e. The highest BCUT2D eigenvalue weighted by Gasteiger charge is 2.31. The van der Waals surface area contributed by atoms with Gasteiger partial charge in [-0.15, -0.1) is 0 Å². The number of nitrogens with zero attached hydrogens (tertiary/aromatic N) is 1. The monoisotopic (exact) mass is 357 g/mol. The average molecular weight is 357 g/mol. The first-order valence-electron chi connectivity index (χ1n) is 8.17. The number of nitrogens with one attached hydrogen (secondary N) is 1. The van der Waals surface area contributed by atoms with E-state index in [1.165, 1.54) is 0 Å². The van der Waals surface area contributed by atoms with Crippen LogP contribution in [-0.4, -0.2) is 42.4 Å². The first-order chi connectivity index (χ1) is 11.7. The van der Waals surface area contributed by atoms with Crippen LogP contribution in [0.15, 0.2) is 24.3 Å². The van der Waals surface area contributed by atoms with E-state index in [-0.39, 0.29) is 24.1 Å². The summed E-state index contributed by atoms with van der Waals surface area (Å²) in [5.74, 6) is -0.321. The zero-order valence-electron chi connectivity index (χ0n) is 14.0. The number of likely N-dealkylation sites (tertiary alicyclic amines) is 1. The molecule has 0 aromatic heterocycles. The van der Waals surface area contributed by atoms with Crippen molar-refractivity contribution in [3.63, 3.8) is 0 Å². The van der Waals surface area contributed by atoms with Gasteiger partial charge in [0.15, 0.2) is 0 Å². The molecule has 138 valence electrons. The molecule has 1 heterocycles. The molecule has 1 fully saturated rings. The van der Waals surface area contributed by atoms with E-state index in [9.17, 15) is 22.8 Å². The summed E-state index contributed by atoms with van der Waals surface area (Å²) in [5.41, 5.74) is 4.96. The average Bonchev–Trinajstić information content (AvgIpc) is 2.58. The quantitative estimate of drug-likeness (QED) is 0.866. The molecule has 8 heteroatoms. The van der Waals surface area contributed by atoms with Gasteiger partial charge in [-0.25, -0.2) is 0 Å². The molecule has 0 bridgehead atoms. The smallest absolute Gasteiger partial charge is 0.343 e. The minimum atomic E-state index is -4.45. The third-order valence-corrected chi connectivity index (χ3v) is 4.45. The molecule has 2 unspecified atom stereocenters. The topological polar surface area (TPSA) is 75.4 Å². The number of amides is 2. The summed E-state index contributed by atoms with van der Waals surface area (Å²) in [7, 11) is 0. The van der Waals surface area contributed by atoms with Crippen LogP contribution in [0, 0.1) is 5.92 Å². The second kappa shape index (κ2) is 7.86. The highest BCUT2D eigenvalue weighted by atomic mass is 19.4. The third kappa shape index (κ3) is 4.94. The molecule has 0 spiro atoms. The normalized spacial score (nSPS) is 21.1. The van der Waals surface area contributed by atoms with Crippen molar-refractivity contribution in [2.24, 2.45) is 11.7 Å². The Labute approximate surface area is 144 Å². The first-order valence-corrected chi connectivity index (χ1v) is 8.17. The van der Waals surface area contributed by atoms with Crippen LogP contribution in [0.25, 0.3) is 0 Å². The molecule has 3 N–H and O–H groups in total. The van der Waals surface area contributed by atoms with Gasteiger partial charge in [0.05, 0.1) is 12.1 Å². The van der Waals surface area contributed by atoms with Crippen molar-refractivity contribution < 1.29 is 22.8 Å². The number of hydrogen-bond donors (Lipinski definition) is 2. The van der Waals surface area contributed by atoms with Gasteiger partial charge in [-0.3, -0.25) is 9.59 Å². The summed E-state index contributed by atoms with van der Waals surface area (Å²) < 4.78 is 37.6. The number of benzene rings is 1. The molecule has 1 saturated heterocycles. The molecule has 2 atom stereocenters. The fourth-order valence-corrected chi connectivity index (χ4v) is 2.97. The summed E-state index contributed by atoms with van der Waals surface area (Å²) in [4.78, 5) is 26.0. The van der Waals surface area contributed by atoms with Gasteiger partial charge in [0, 0.05) is 24.7 Å². The number of hydrogen-bond acceptors (Lipinski definition) is 3. The molecule has 1 aromatic rings. The number of nitrogens with two attached hydrogens (primary N) is 1. The lowest BCUT2D eigenvalue weighted by atomic mass is 9.92. The van der Waals surface area contributed by atoms with Gasteiger partial charge in [-0.1, -0.05) is 6.92 Å². The van der Waals surface area contributed by atoms with Crippen LogP contribution in [0.3, 0.4) is 0 Å². The van der Waals surface area contributed by atoms with E-state index in [2.05, 4.69) is 12.2 Å². The maximum atomic E-state index is 12.5. The van der Waals surface area contributed by atoms with Crippen LogP contribution in [-0.2, 0) is 11.0 Å². The lowest BCUT2D eigenvalue weighted by Crippen LogP contribution is -2.52. The summed E-state index contributed by atoms with van der Waals surface area (Å²) in [6.07, 6.45) is -2.74. The third-order valence-electron chi connectivity index (χ3n) is 4.45. The van der Waals surface area contributed by atoms with Crippen LogP contribution in [0.4, 0.5) is 13.2 Å². The molecular weight excluding hydrogens is 335 g/mol. The second-order valence-corrected chi connectivity index (χ2v) is 6.36. The predicted molar refractivity (Wildman–Crippen MR) is 86.7 cm³/mol. The van der Waals surface area contributed by atoms with Crippen LogP contribution >= 0.6 is 0 Å². The SMILES string of the molecule is CC1CCN(C(=O)CNC(=O)c2ccc(C(F)(F)F)cc2)C(CN)C1. The molecule has 1 aliphatic heterocycles. The van der Waals surface area contributed by atoms with Crippen LogP contribution in [0.2, 0.25) is 0 Å². The van der Waals surface area contributed by atoms with Crippen molar-refractivity contribution in [1.29, 1.82) is 0 Å². The molecule has 25 heavy (non-hydrogen) atoms. The van der Waals surface area contributed by atoms with E-state index in [4.69, 9.17) is 5.73 Å². The maximum Gasteiger partial charge on any atom is 0.416 e. The second-order valence-electron chi connectivity index (χ2n) is 6.36. The molecule has 2 rings (SSSR count). The Bertz CT molecular complexity index is 617. The maximum absolute atomic E-state index is 12.5. The van der Waals surface area contributed by atoms with Crippen molar-refractivity contribution in [3.05, 3.63) is 35.4 Å². The number of carbonyl (C=O) groups excluding carboxylic acids is 2. The van der Waals surface area contributed by atoms with E-state index < -0.39 is 17.6 Å². The fourth-order valence-electron chi connectivity index (χ4n) is 2.97. The number of alkyl halides is 3. The minimum Gasteiger partial charge on any atom is -0.343 e. The van der Waals surface area contributed by atoms with E-state index in [1.54, 1.807) is 4.90 Å². The number of halogens is 3. The van der Waals surface area contributed by atoms with Gasteiger partial charge in [0.25, 0.3) is 5.91 Å². The lowest BCUT2D eigenvalue weighted by molar-refractivity contribution is -0.137. The van der Waals surface area contributed by atoms with Crippen molar-refractivity contribution >= 4 is 11.8 Å². The van der Waals surface area contributed by atoms with Crippen LogP contribution < -0.4 is 11.1 Å². The predicted octanol–water partition coefficient (Wildman–Crippen LogP) is 2.02. The Balaban J connectivity index is 1.92. The first kappa shape index (κ1) is 19.2. The van der Waals surface area contributed by atoms with Gasteiger partial charge >= 0.3 is 6.18 Å².